The first-order valence-corrected chi connectivity index (χ1v) is 14.1. The normalized spacial score (nSPS) is 12.9. The molecule has 0 aliphatic rings. The van der Waals surface area contributed by atoms with Crippen LogP contribution in [0.15, 0.2) is 48.5 Å². The van der Waals surface area contributed by atoms with E-state index in [4.69, 9.17) is 4.74 Å². The van der Waals surface area contributed by atoms with E-state index in [1.165, 1.54) is 4.31 Å². The van der Waals surface area contributed by atoms with Gasteiger partial charge in [0.05, 0.1) is 19.1 Å². The van der Waals surface area contributed by atoms with Crippen LogP contribution in [-0.4, -0.2) is 57.1 Å². The van der Waals surface area contributed by atoms with Crippen molar-refractivity contribution in [3.63, 3.8) is 0 Å². The van der Waals surface area contributed by atoms with Gasteiger partial charge < -0.3 is 15.0 Å². The van der Waals surface area contributed by atoms with Crippen molar-refractivity contribution in [3.05, 3.63) is 59.7 Å². The van der Waals surface area contributed by atoms with E-state index in [9.17, 15) is 18.0 Å². The molecule has 8 nitrogen and oxygen atoms in total. The summed E-state index contributed by atoms with van der Waals surface area (Å²) < 4.78 is 31.6. The van der Waals surface area contributed by atoms with Gasteiger partial charge in [0.1, 0.15) is 11.8 Å². The van der Waals surface area contributed by atoms with Crippen LogP contribution < -0.4 is 14.4 Å². The Morgan fingerprint density at radius 2 is 1.78 bits per heavy atom. The Bertz CT molecular complexity index is 1140. The smallest absolute Gasteiger partial charge is 0.242 e. The molecule has 36 heavy (non-hydrogen) atoms. The van der Waals surface area contributed by atoms with Gasteiger partial charge in [0.15, 0.2) is 0 Å². The van der Waals surface area contributed by atoms with Gasteiger partial charge in [-0.05, 0) is 62.9 Å². The van der Waals surface area contributed by atoms with Gasteiger partial charge in [-0.25, -0.2) is 8.42 Å². The molecule has 0 heterocycles. The van der Waals surface area contributed by atoms with Crippen LogP contribution in [0.5, 0.6) is 5.75 Å². The van der Waals surface area contributed by atoms with Crippen LogP contribution in [0.1, 0.15) is 51.2 Å². The maximum atomic E-state index is 13.4. The summed E-state index contributed by atoms with van der Waals surface area (Å²) in [5, 5.41) is 2.95. The van der Waals surface area contributed by atoms with Crippen LogP contribution in [-0.2, 0) is 26.2 Å². The van der Waals surface area contributed by atoms with E-state index in [1.807, 2.05) is 57.2 Å². The molecule has 0 aromatic heterocycles. The average molecular weight is 518 g/mol. The summed E-state index contributed by atoms with van der Waals surface area (Å²) in [5.74, 6) is 0.222. The minimum absolute atomic E-state index is 0.00819. The molecule has 0 unspecified atom stereocenters. The summed E-state index contributed by atoms with van der Waals surface area (Å²) in [7, 11) is -1.96. The number of nitrogens with one attached hydrogen (secondary N) is 1. The van der Waals surface area contributed by atoms with Gasteiger partial charge in [-0.3, -0.25) is 13.9 Å². The van der Waals surface area contributed by atoms with Crippen molar-refractivity contribution in [2.75, 3.05) is 24.2 Å². The Hall–Kier alpha value is -3.07. The van der Waals surface area contributed by atoms with Crippen molar-refractivity contribution in [2.24, 2.45) is 0 Å². The van der Waals surface area contributed by atoms with Crippen LogP contribution in [0.3, 0.4) is 0 Å². The van der Waals surface area contributed by atoms with E-state index >= 15 is 0 Å². The number of methoxy groups -OCH3 is 1. The zero-order chi connectivity index (χ0) is 26.9. The zero-order valence-electron chi connectivity index (χ0n) is 22.2. The molecule has 2 aromatic rings. The highest BCUT2D eigenvalue weighted by molar-refractivity contribution is 7.92. The Labute approximate surface area is 215 Å². The summed E-state index contributed by atoms with van der Waals surface area (Å²) >= 11 is 0. The Kier molecular flexibility index (Phi) is 10.8. The molecule has 0 spiro atoms. The van der Waals surface area contributed by atoms with Gasteiger partial charge in [0.2, 0.25) is 21.8 Å². The van der Waals surface area contributed by atoms with E-state index in [2.05, 4.69) is 5.32 Å². The Balaban J connectivity index is 2.20. The summed E-state index contributed by atoms with van der Waals surface area (Å²) in [6.07, 6.45) is 2.36. The Morgan fingerprint density at radius 3 is 2.39 bits per heavy atom. The molecule has 0 fully saturated rings. The molecule has 2 atom stereocenters. The second kappa shape index (κ2) is 13.3. The standard InChI is InChI=1S/C27H39N3O5S/c1-7-21(3)28-27(32)22(4)29(19-23-13-10-14-24(18-23)35-5)26(31)16-11-17-30(36(6,33)34)25-15-9-8-12-20(25)2/h8-10,12-15,18,21-22H,7,11,16-17,19H2,1-6H3,(H,28,32)/t21-,22+/m0/s1. The lowest BCUT2D eigenvalue weighted by atomic mass is 10.1. The van der Waals surface area contributed by atoms with Gasteiger partial charge >= 0.3 is 0 Å². The lowest BCUT2D eigenvalue weighted by molar-refractivity contribution is -0.140. The third-order valence-electron chi connectivity index (χ3n) is 6.19. The summed E-state index contributed by atoms with van der Waals surface area (Å²) in [4.78, 5) is 27.8. The predicted octanol–water partition coefficient (Wildman–Crippen LogP) is 3.88. The minimum Gasteiger partial charge on any atom is -0.497 e. The van der Waals surface area contributed by atoms with Crippen LogP contribution in [0.4, 0.5) is 5.69 Å². The second-order valence-electron chi connectivity index (χ2n) is 9.09. The number of carbonyl (C=O) groups is 2. The highest BCUT2D eigenvalue weighted by Crippen LogP contribution is 2.23. The largest absolute Gasteiger partial charge is 0.497 e. The predicted molar refractivity (Wildman–Crippen MR) is 144 cm³/mol. The lowest BCUT2D eigenvalue weighted by Gasteiger charge is -2.30. The highest BCUT2D eigenvalue weighted by Gasteiger charge is 2.27. The van der Waals surface area contributed by atoms with E-state index in [-0.39, 0.29) is 37.4 Å². The number of nitrogens with zero attached hydrogens (tertiary/aromatic N) is 2. The zero-order valence-corrected chi connectivity index (χ0v) is 23.0. The van der Waals surface area contributed by atoms with Crippen molar-refractivity contribution < 1.29 is 22.7 Å². The van der Waals surface area contributed by atoms with Crippen molar-refractivity contribution in [3.8, 4) is 5.75 Å². The fourth-order valence-corrected chi connectivity index (χ4v) is 4.86. The van der Waals surface area contributed by atoms with Gasteiger partial charge in [-0.1, -0.05) is 37.3 Å². The molecule has 2 rings (SSSR count). The molecular weight excluding hydrogens is 478 g/mol. The number of amides is 2. The Morgan fingerprint density at radius 1 is 1.08 bits per heavy atom. The number of sulfonamides is 1. The van der Waals surface area contributed by atoms with Gasteiger partial charge in [0, 0.05) is 25.6 Å². The van der Waals surface area contributed by atoms with E-state index in [0.717, 1.165) is 23.8 Å². The fraction of sp³-hybridized carbons (Fsp3) is 0.481. The third-order valence-corrected chi connectivity index (χ3v) is 7.37. The van der Waals surface area contributed by atoms with Crippen LogP contribution >= 0.6 is 0 Å². The number of ether oxygens (including phenoxy) is 1. The molecule has 9 heteroatoms. The number of hydrogen-bond acceptors (Lipinski definition) is 5. The number of para-hydroxylation sites is 1. The lowest BCUT2D eigenvalue weighted by Crippen LogP contribution is -2.49. The minimum atomic E-state index is -3.53. The van der Waals surface area contributed by atoms with Gasteiger partial charge in [0.25, 0.3) is 0 Å². The molecule has 0 radical (unpaired) electrons. The van der Waals surface area contributed by atoms with E-state index in [1.54, 1.807) is 31.1 Å². The van der Waals surface area contributed by atoms with Crippen molar-refractivity contribution in [1.29, 1.82) is 0 Å². The molecule has 1 N–H and O–H groups in total. The molecule has 0 aliphatic heterocycles. The molecule has 0 saturated heterocycles. The van der Waals surface area contributed by atoms with Crippen LogP contribution in [0.25, 0.3) is 0 Å². The first kappa shape index (κ1) is 29.2. The molecule has 198 valence electrons. The van der Waals surface area contributed by atoms with Crippen LogP contribution in [0.2, 0.25) is 0 Å². The first-order valence-electron chi connectivity index (χ1n) is 12.2. The van der Waals surface area contributed by atoms with Crippen LogP contribution in [0, 0.1) is 6.92 Å². The third kappa shape index (κ3) is 8.26. The summed E-state index contributed by atoms with van der Waals surface area (Å²) in [6.45, 7) is 7.87. The van der Waals surface area contributed by atoms with Gasteiger partial charge in [-0.15, -0.1) is 0 Å². The molecule has 2 aromatic carbocycles. The molecule has 0 bridgehead atoms. The topological polar surface area (TPSA) is 96.0 Å². The molecular formula is C27H39N3O5S. The summed E-state index contributed by atoms with van der Waals surface area (Å²) in [6, 6.07) is 13.9. The van der Waals surface area contributed by atoms with Crippen molar-refractivity contribution in [2.45, 2.75) is 65.6 Å². The monoisotopic (exact) mass is 517 g/mol. The summed E-state index contributed by atoms with van der Waals surface area (Å²) in [5.41, 5.74) is 2.27. The number of rotatable bonds is 13. The maximum Gasteiger partial charge on any atom is 0.242 e. The SMILES string of the molecule is CC[C@H](C)NC(=O)[C@@H](C)N(Cc1cccc(OC)c1)C(=O)CCCN(c1ccccc1C)S(C)(=O)=O. The van der Waals surface area contributed by atoms with Gasteiger partial charge in [-0.2, -0.15) is 0 Å². The first-order chi connectivity index (χ1) is 17.0. The number of aryl methyl sites for hydroxylation is 1. The highest BCUT2D eigenvalue weighted by atomic mass is 32.2. The van der Waals surface area contributed by atoms with Crippen molar-refractivity contribution in [1.82, 2.24) is 10.2 Å². The number of benzene rings is 2. The molecule has 2 amide bonds. The number of anilines is 1. The van der Waals surface area contributed by atoms with E-state index < -0.39 is 16.1 Å². The number of carbonyl (C=O) groups excluding carboxylic acids is 2. The second-order valence-corrected chi connectivity index (χ2v) is 11.0. The fourth-order valence-electron chi connectivity index (χ4n) is 3.84. The van der Waals surface area contributed by atoms with Crippen molar-refractivity contribution >= 4 is 27.5 Å². The maximum absolute atomic E-state index is 13.4. The average Bonchev–Trinajstić information content (AvgIpc) is 2.84. The number of hydrogen-bond donors (Lipinski definition) is 1. The molecule has 0 saturated carbocycles. The quantitative estimate of drug-likeness (QED) is 0.435. The molecule has 0 aliphatic carbocycles. The van der Waals surface area contributed by atoms with E-state index in [0.29, 0.717) is 17.9 Å².